The number of aromatic hydroxyl groups is 1. The number of carboxylic acids is 1. The van der Waals surface area contributed by atoms with Crippen molar-refractivity contribution < 1.29 is 29.3 Å². The maximum Gasteiger partial charge on any atom is 0.305 e. The number of rotatable bonds is 10. The molecule has 140 valence electrons. The lowest BCUT2D eigenvalue weighted by Crippen LogP contribution is -2.10. The van der Waals surface area contributed by atoms with Gasteiger partial charge in [-0.05, 0) is 37.0 Å². The van der Waals surface area contributed by atoms with Crippen molar-refractivity contribution in [3.05, 3.63) is 29.8 Å². The molecule has 1 aromatic rings. The second kappa shape index (κ2) is 13.8. The molecule has 25 heavy (non-hydrogen) atoms. The van der Waals surface area contributed by atoms with Crippen LogP contribution < -0.4 is 5.73 Å². The third-order valence-electron chi connectivity index (χ3n) is 3.13. The number of nitrogens with two attached hydrogens (primary N) is 1. The zero-order valence-corrected chi connectivity index (χ0v) is 14.6. The molecule has 0 spiro atoms. The quantitative estimate of drug-likeness (QED) is 0.438. The lowest BCUT2D eigenvalue weighted by molar-refractivity contribution is -0.144. The Kier molecular flexibility index (Phi) is 12.4. The standard InChI is InChI=1S/C9H11NO2.C9H16O4/c10-9(12)6-3-7-1-4-8(11)5-2-7;1-2-3-7-13-9(12)6-4-5-8(10)11/h1-2,4-5,11H,3,6H2,(H2,10,12);2-7H2,1H3,(H,10,11). The Morgan fingerprint density at radius 1 is 1.04 bits per heavy atom. The molecule has 0 saturated heterocycles. The van der Waals surface area contributed by atoms with Crippen LogP contribution in [0.4, 0.5) is 0 Å². The van der Waals surface area contributed by atoms with E-state index >= 15 is 0 Å². The summed E-state index contributed by atoms with van der Waals surface area (Å²) in [5.41, 5.74) is 5.99. The number of aliphatic carboxylic acids is 1. The van der Waals surface area contributed by atoms with Crippen LogP contribution in [0.1, 0.15) is 51.0 Å². The smallest absolute Gasteiger partial charge is 0.305 e. The molecule has 0 aliphatic rings. The molecule has 1 rings (SSSR count). The minimum atomic E-state index is -0.874. The molecule has 1 aromatic carbocycles. The minimum absolute atomic E-state index is 0.0306. The van der Waals surface area contributed by atoms with E-state index in [1.807, 2.05) is 6.92 Å². The first-order chi connectivity index (χ1) is 11.8. The largest absolute Gasteiger partial charge is 0.508 e. The SMILES string of the molecule is CCCCOC(=O)CCCC(=O)O.NC(=O)CCc1ccc(O)cc1. The van der Waals surface area contributed by atoms with Gasteiger partial charge in [0, 0.05) is 19.3 Å². The molecule has 4 N–H and O–H groups in total. The van der Waals surface area contributed by atoms with Crippen molar-refractivity contribution >= 4 is 17.8 Å². The summed E-state index contributed by atoms with van der Waals surface area (Å²) >= 11 is 0. The van der Waals surface area contributed by atoms with Crippen LogP contribution >= 0.6 is 0 Å². The van der Waals surface area contributed by atoms with E-state index in [1.54, 1.807) is 24.3 Å². The minimum Gasteiger partial charge on any atom is -0.508 e. The number of amides is 1. The van der Waals surface area contributed by atoms with Crippen LogP contribution in [0.2, 0.25) is 0 Å². The van der Waals surface area contributed by atoms with Gasteiger partial charge in [0.2, 0.25) is 5.91 Å². The van der Waals surface area contributed by atoms with Crippen LogP contribution in [0.3, 0.4) is 0 Å². The number of carboxylic acid groups (broad SMARTS) is 1. The van der Waals surface area contributed by atoms with E-state index in [9.17, 15) is 14.4 Å². The van der Waals surface area contributed by atoms with Crippen LogP contribution in [-0.2, 0) is 25.5 Å². The van der Waals surface area contributed by atoms with Crippen LogP contribution in [0.5, 0.6) is 5.75 Å². The van der Waals surface area contributed by atoms with Gasteiger partial charge in [0.25, 0.3) is 0 Å². The number of phenols is 1. The van der Waals surface area contributed by atoms with Crippen molar-refractivity contribution in [2.24, 2.45) is 5.73 Å². The molecule has 0 aromatic heterocycles. The summed E-state index contributed by atoms with van der Waals surface area (Å²) in [5.74, 6) is -1.24. The predicted octanol–water partition coefficient (Wildman–Crippen LogP) is 2.39. The number of aryl methyl sites for hydroxylation is 1. The number of phenolic OH excluding ortho intramolecular Hbond substituents is 1. The number of esters is 1. The van der Waals surface area contributed by atoms with Crippen LogP contribution in [0, 0.1) is 0 Å². The van der Waals surface area contributed by atoms with Crippen molar-refractivity contribution in [1.29, 1.82) is 0 Å². The fourth-order valence-corrected chi connectivity index (χ4v) is 1.72. The van der Waals surface area contributed by atoms with Crippen LogP contribution in [-0.4, -0.2) is 34.7 Å². The third kappa shape index (κ3) is 14.7. The number of carbonyl (C=O) groups is 3. The Morgan fingerprint density at radius 2 is 1.68 bits per heavy atom. The van der Waals surface area contributed by atoms with Gasteiger partial charge in [-0.1, -0.05) is 25.5 Å². The predicted molar refractivity (Wildman–Crippen MR) is 93.0 cm³/mol. The number of carbonyl (C=O) groups excluding carboxylic acids is 2. The van der Waals surface area contributed by atoms with Gasteiger partial charge in [0.05, 0.1) is 6.61 Å². The lowest BCUT2D eigenvalue weighted by Gasteiger charge is -2.02. The third-order valence-corrected chi connectivity index (χ3v) is 3.13. The monoisotopic (exact) mass is 353 g/mol. The summed E-state index contributed by atoms with van der Waals surface area (Å²) in [5, 5.41) is 17.2. The summed E-state index contributed by atoms with van der Waals surface area (Å²) in [7, 11) is 0. The molecular formula is C18H27NO6. The molecule has 0 bridgehead atoms. The van der Waals surface area contributed by atoms with Gasteiger partial charge in [-0.15, -0.1) is 0 Å². The number of hydrogen-bond donors (Lipinski definition) is 3. The van der Waals surface area contributed by atoms with Gasteiger partial charge in [0.15, 0.2) is 0 Å². The van der Waals surface area contributed by atoms with Crippen LogP contribution in [0.25, 0.3) is 0 Å². The van der Waals surface area contributed by atoms with E-state index in [0.717, 1.165) is 18.4 Å². The molecule has 0 aliphatic heterocycles. The first kappa shape index (κ1) is 22.4. The molecule has 1 amide bonds. The molecule has 7 heteroatoms. The van der Waals surface area contributed by atoms with Gasteiger partial charge < -0.3 is 20.7 Å². The fraction of sp³-hybridized carbons (Fsp3) is 0.500. The highest BCUT2D eigenvalue weighted by atomic mass is 16.5. The fourth-order valence-electron chi connectivity index (χ4n) is 1.72. The first-order valence-electron chi connectivity index (χ1n) is 8.28. The number of hydrogen-bond acceptors (Lipinski definition) is 5. The van der Waals surface area contributed by atoms with Crippen molar-refractivity contribution in [3.63, 3.8) is 0 Å². The van der Waals surface area contributed by atoms with E-state index in [-0.39, 0.29) is 30.5 Å². The van der Waals surface area contributed by atoms with E-state index in [1.165, 1.54) is 0 Å². The second-order valence-electron chi connectivity index (χ2n) is 5.45. The Hall–Kier alpha value is -2.57. The number of primary amides is 1. The zero-order valence-electron chi connectivity index (χ0n) is 14.6. The second-order valence-corrected chi connectivity index (χ2v) is 5.45. The Bertz CT molecular complexity index is 527. The maximum atomic E-state index is 10.9. The molecule has 0 atom stereocenters. The van der Waals surface area contributed by atoms with Gasteiger partial charge in [-0.2, -0.15) is 0 Å². The summed E-state index contributed by atoms with van der Waals surface area (Å²) in [6, 6.07) is 6.74. The highest BCUT2D eigenvalue weighted by molar-refractivity contribution is 5.74. The molecule has 0 radical (unpaired) electrons. The normalized spacial score (nSPS) is 9.64. The molecule has 0 heterocycles. The van der Waals surface area contributed by atoms with Gasteiger partial charge in [0.1, 0.15) is 5.75 Å². The first-order valence-corrected chi connectivity index (χ1v) is 8.28. The highest BCUT2D eigenvalue weighted by Gasteiger charge is 2.04. The molecule has 0 fully saturated rings. The Labute approximate surface area is 147 Å². The van der Waals surface area contributed by atoms with Crippen LogP contribution in [0.15, 0.2) is 24.3 Å². The topological polar surface area (TPSA) is 127 Å². The van der Waals surface area contributed by atoms with Crippen molar-refractivity contribution in [1.82, 2.24) is 0 Å². The average molecular weight is 353 g/mol. The molecular weight excluding hydrogens is 326 g/mol. The summed E-state index contributed by atoms with van der Waals surface area (Å²) < 4.78 is 4.83. The van der Waals surface area contributed by atoms with E-state index in [0.29, 0.717) is 25.9 Å². The highest BCUT2D eigenvalue weighted by Crippen LogP contribution is 2.10. The zero-order chi connectivity index (χ0) is 19.1. The van der Waals surface area contributed by atoms with Crippen molar-refractivity contribution in [2.75, 3.05) is 6.61 Å². The van der Waals surface area contributed by atoms with E-state index in [4.69, 9.17) is 20.7 Å². The Morgan fingerprint density at radius 3 is 2.20 bits per heavy atom. The van der Waals surface area contributed by atoms with Crippen molar-refractivity contribution in [2.45, 2.75) is 51.9 Å². The molecule has 0 aliphatic carbocycles. The summed E-state index contributed by atoms with van der Waals surface area (Å²) in [4.78, 5) is 31.4. The molecule has 0 saturated carbocycles. The van der Waals surface area contributed by atoms with Gasteiger partial charge >= 0.3 is 11.9 Å². The Balaban J connectivity index is 0.000000462. The number of ether oxygens (including phenoxy) is 1. The number of benzene rings is 1. The van der Waals surface area contributed by atoms with E-state index < -0.39 is 5.97 Å². The summed E-state index contributed by atoms with van der Waals surface area (Å²) in [6.45, 7) is 2.46. The van der Waals surface area contributed by atoms with Gasteiger partial charge in [-0.25, -0.2) is 0 Å². The van der Waals surface area contributed by atoms with Gasteiger partial charge in [-0.3, -0.25) is 14.4 Å². The summed E-state index contributed by atoms with van der Waals surface area (Å²) in [6.07, 6.45) is 3.44. The van der Waals surface area contributed by atoms with E-state index in [2.05, 4.69) is 0 Å². The molecule has 7 nitrogen and oxygen atoms in total. The lowest BCUT2D eigenvalue weighted by atomic mass is 10.1. The number of unbranched alkanes of at least 4 members (excludes halogenated alkanes) is 1. The van der Waals surface area contributed by atoms with Crippen molar-refractivity contribution in [3.8, 4) is 5.75 Å². The average Bonchev–Trinajstić information content (AvgIpc) is 2.55. The molecule has 0 unspecified atom stereocenters. The maximum absolute atomic E-state index is 10.9.